The van der Waals surface area contributed by atoms with E-state index >= 15 is 0 Å². The maximum atomic E-state index is 5.39. The summed E-state index contributed by atoms with van der Waals surface area (Å²) in [5.74, 6) is 0.238. The summed E-state index contributed by atoms with van der Waals surface area (Å²) < 4.78 is 10.1. The summed E-state index contributed by atoms with van der Waals surface area (Å²) in [6.45, 7) is 9.32. The molecule has 2 rings (SSSR count). The smallest absolute Gasteiger partial charge is 0.185 e. The van der Waals surface area contributed by atoms with Gasteiger partial charge in [-0.2, -0.15) is 0 Å². The zero-order valence-electron chi connectivity index (χ0n) is 22.1. The first kappa shape index (κ1) is 32.4. The number of nitrogens with two attached hydrogens (primary N) is 4. The van der Waals surface area contributed by atoms with Gasteiger partial charge in [-0.05, 0) is 22.6 Å². The molecule has 204 valence electrons. The Balaban J connectivity index is 0.000000450. The summed E-state index contributed by atoms with van der Waals surface area (Å²) in [6, 6.07) is 0. The summed E-state index contributed by atoms with van der Waals surface area (Å²) in [5, 5.41) is 16.6. The standard InChI is InChI=1S/C5H9IN6.C5H9N6.3C4H9.Sn/c6-4-3-12(11-10-4)2-1-9-5(7)8;6-5(7)8-1-3-11-4-2-9-10-11;3*1-3-4-2;/h3H,1-2H2,(H4,7,8,9);4H,1,3H2,(H4,6,7,8);3*1,3-4H2,2H3;. The molecular formula is C22H45IN12Sn. The van der Waals surface area contributed by atoms with E-state index in [1.165, 1.54) is 55.5 Å². The maximum Gasteiger partial charge on any atom is 0.185 e. The Labute approximate surface area is 233 Å². The minimum absolute atomic E-state index is 0.102. The number of halogens is 1. The molecule has 0 fully saturated rings. The van der Waals surface area contributed by atoms with Crippen LogP contribution in [0.4, 0.5) is 0 Å². The van der Waals surface area contributed by atoms with Gasteiger partial charge in [-0.1, -0.05) is 5.21 Å². The van der Waals surface area contributed by atoms with E-state index in [9.17, 15) is 0 Å². The molecule has 0 atom stereocenters. The molecule has 14 heteroatoms. The van der Waals surface area contributed by atoms with E-state index < -0.39 is 18.4 Å². The van der Waals surface area contributed by atoms with Gasteiger partial charge in [0.1, 0.15) is 3.70 Å². The van der Waals surface area contributed by atoms with E-state index in [0.29, 0.717) is 26.2 Å². The third kappa shape index (κ3) is 13.1. The molecule has 2 aromatic heterocycles. The minimum atomic E-state index is -2.44. The van der Waals surface area contributed by atoms with Crippen molar-refractivity contribution in [3.63, 3.8) is 0 Å². The van der Waals surface area contributed by atoms with Crippen LogP contribution in [0.25, 0.3) is 0 Å². The van der Waals surface area contributed by atoms with Crippen LogP contribution in [0, 0.1) is 3.70 Å². The molecule has 0 radical (unpaired) electrons. The molecule has 0 saturated carbocycles. The number of rotatable bonds is 16. The second-order valence-corrected chi connectivity index (χ2v) is 23.0. The van der Waals surface area contributed by atoms with Gasteiger partial charge in [0, 0.05) is 0 Å². The zero-order valence-corrected chi connectivity index (χ0v) is 27.1. The van der Waals surface area contributed by atoms with Crippen molar-refractivity contribution < 1.29 is 0 Å². The summed E-state index contributed by atoms with van der Waals surface area (Å²) in [5.41, 5.74) is 21.1. The molecule has 0 spiro atoms. The topological polar surface area (TPSA) is 190 Å². The van der Waals surface area contributed by atoms with Crippen LogP contribution < -0.4 is 26.6 Å². The molecule has 0 aliphatic carbocycles. The van der Waals surface area contributed by atoms with Gasteiger partial charge in [-0.15, -0.1) is 5.10 Å². The molecule has 0 aliphatic rings. The van der Waals surface area contributed by atoms with Crippen LogP contribution >= 0.6 is 22.6 Å². The normalized spacial score (nSPS) is 11.0. The van der Waals surface area contributed by atoms with Crippen LogP contribution in [0.2, 0.25) is 13.3 Å². The fraction of sp³-hybridized carbons (Fsp3) is 0.727. The first-order valence-corrected chi connectivity index (χ1v) is 21.4. The molecule has 12 nitrogen and oxygen atoms in total. The van der Waals surface area contributed by atoms with Gasteiger partial charge in [0.25, 0.3) is 0 Å². The average Bonchev–Trinajstić information content (AvgIpc) is 3.48. The van der Waals surface area contributed by atoms with Crippen molar-refractivity contribution in [2.75, 3.05) is 13.1 Å². The van der Waals surface area contributed by atoms with Gasteiger partial charge < -0.3 is 11.5 Å². The first-order chi connectivity index (χ1) is 17.3. The predicted molar refractivity (Wildman–Crippen MR) is 159 cm³/mol. The number of nitrogens with zero attached hydrogens (tertiary/aromatic N) is 8. The molecule has 0 amide bonds. The van der Waals surface area contributed by atoms with Crippen molar-refractivity contribution >= 4 is 56.6 Å². The van der Waals surface area contributed by atoms with Gasteiger partial charge in [-0.25, -0.2) is 4.68 Å². The fourth-order valence-corrected chi connectivity index (χ4v) is 19.4. The van der Waals surface area contributed by atoms with Gasteiger partial charge in [0.05, 0.1) is 19.3 Å². The predicted octanol–water partition coefficient (Wildman–Crippen LogP) is 1.76. The summed E-state index contributed by atoms with van der Waals surface area (Å²) in [4.78, 5) is 7.85. The van der Waals surface area contributed by atoms with Crippen LogP contribution in [-0.4, -0.2) is 73.4 Å². The average molecular weight is 723 g/mol. The van der Waals surface area contributed by atoms with Crippen molar-refractivity contribution in [1.82, 2.24) is 30.0 Å². The Morgan fingerprint density at radius 2 is 1.22 bits per heavy atom. The Morgan fingerprint density at radius 3 is 1.61 bits per heavy atom. The van der Waals surface area contributed by atoms with E-state index in [1.54, 1.807) is 4.68 Å². The Hall–Kier alpha value is -1.65. The van der Waals surface area contributed by atoms with Gasteiger partial charge in [0.15, 0.2) is 5.96 Å². The molecule has 0 aromatic carbocycles. The van der Waals surface area contributed by atoms with Crippen LogP contribution in [0.1, 0.15) is 59.3 Å². The van der Waals surface area contributed by atoms with E-state index in [0.717, 1.165) is 3.70 Å². The molecule has 36 heavy (non-hydrogen) atoms. The third-order valence-corrected chi connectivity index (χ3v) is 21.3. The number of aromatic nitrogens is 6. The Kier molecular flexibility index (Phi) is 16.7. The molecule has 8 N–H and O–H groups in total. The van der Waals surface area contributed by atoms with Gasteiger partial charge in [-0.3, -0.25) is 4.99 Å². The maximum absolute atomic E-state index is 5.39. The molecule has 0 bridgehead atoms. The molecule has 2 aromatic rings. The second-order valence-electron chi connectivity index (χ2n) is 8.88. The number of hydrogen-bond donors (Lipinski definition) is 4. The largest absolute Gasteiger partial charge is 0.370 e. The van der Waals surface area contributed by atoms with Crippen molar-refractivity contribution in [3.8, 4) is 0 Å². The molecule has 0 unspecified atom stereocenters. The van der Waals surface area contributed by atoms with E-state index in [4.69, 9.17) is 22.9 Å². The van der Waals surface area contributed by atoms with E-state index in [1.807, 2.05) is 10.9 Å². The zero-order chi connectivity index (χ0) is 26.8. The summed E-state index contributed by atoms with van der Waals surface area (Å²) in [6.07, 6.45) is 11.9. The van der Waals surface area contributed by atoms with Crippen molar-refractivity contribution in [1.29, 1.82) is 0 Å². The van der Waals surface area contributed by atoms with Gasteiger partial charge in [0.2, 0.25) is 0 Å². The molecule has 0 aliphatic heterocycles. The molecular weight excluding hydrogens is 678 g/mol. The monoisotopic (exact) mass is 724 g/mol. The third-order valence-electron chi connectivity index (χ3n) is 5.87. The second kappa shape index (κ2) is 18.6. The van der Waals surface area contributed by atoms with Crippen LogP contribution in [0.5, 0.6) is 0 Å². The first-order valence-electron chi connectivity index (χ1n) is 12.8. The quantitative estimate of drug-likeness (QED) is 0.0873. The van der Waals surface area contributed by atoms with Crippen LogP contribution in [-0.2, 0) is 13.1 Å². The Morgan fingerprint density at radius 1 is 0.778 bits per heavy atom. The Bertz CT molecular complexity index is 881. The number of aliphatic imine (C=N–C) groups is 2. The number of hydrogen-bond acceptors (Lipinski definition) is 6. The van der Waals surface area contributed by atoms with Crippen molar-refractivity contribution in [2.24, 2.45) is 32.9 Å². The van der Waals surface area contributed by atoms with Crippen LogP contribution in [0.3, 0.4) is 0 Å². The minimum Gasteiger partial charge on any atom is -0.370 e. The number of guanidine groups is 2. The summed E-state index contributed by atoms with van der Waals surface area (Å²) in [7, 11) is 0. The molecule has 2 heterocycles. The van der Waals surface area contributed by atoms with E-state index in [-0.39, 0.29) is 11.9 Å². The SMILES string of the molecule is CCC[CH2][Sn]([CH2]CCC)([CH2]CCC)[c]1cn(CCN=C(N)N)nn1.NC(N)=NCCn1cc(I)nn1. The van der Waals surface area contributed by atoms with E-state index in [2.05, 4.69) is 80.2 Å². The number of unbranched alkanes of at least 4 members (excludes halogenated alkanes) is 3. The van der Waals surface area contributed by atoms with Crippen molar-refractivity contribution in [2.45, 2.75) is 85.7 Å². The fourth-order valence-electron chi connectivity index (χ4n) is 3.90. The summed E-state index contributed by atoms with van der Waals surface area (Å²) >= 11 is -0.355. The van der Waals surface area contributed by atoms with Gasteiger partial charge >= 0.3 is 151 Å². The van der Waals surface area contributed by atoms with Crippen LogP contribution in [0.15, 0.2) is 22.4 Å². The van der Waals surface area contributed by atoms with Crippen molar-refractivity contribution in [3.05, 3.63) is 16.1 Å². The molecule has 0 saturated heterocycles.